The molecule has 0 spiro atoms. The van der Waals surface area contributed by atoms with Crippen molar-refractivity contribution in [3.8, 4) is 11.4 Å². The van der Waals surface area contributed by atoms with Crippen molar-refractivity contribution in [3.63, 3.8) is 0 Å². The smallest absolute Gasteiger partial charge is 0.267 e. The molecule has 1 aliphatic heterocycles. The van der Waals surface area contributed by atoms with Crippen LogP contribution in [0.2, 0.25) is 0 Å². The highest BCUT2D eigenvalue weighted by Crippen LogP contribution is 2.34. The molecular weight excluding hydrogens is 511 g/mol. The van der Waals surface area contributed by atoms with Crippen molar-refractivity contribution in [2.24, 2.45) is 0 Å². The zero-order valence-electron chi connectivity index (χ0n) is 20.6. The summed E-state index contributed by atoms with van der Waals surface area (Å²) in [7, 11) is 0. The molecule has 1 N–H and O–H groups in total. The van der Waals surface area contributed by atoms with Crippen LogP contribution in [0.4, 0.5) is 10.1 Å². The highest BCUT2D eigenvalue weighted by molar-refractivity contribution is 7.99. The Labute approximate surface area is 222 Å². The van der Waals surface area contributed by atoms with Crippen molar-refractivity contribution in [2.75, 3.05) is 30.8 Å². The highest BCUT2D eigenvalue weighted by Gasteiger charge is 2.25. The maximum Gasteiger partial charge on any atom is 0.267 e. The normalized spacial score (nSPS) is 13.5. The lowest BCUT2D eigenvalue weighted by Crippen LogP contribution is -2.30. The molecule has 10 heteroatoms. The van der Waals surface area contributed by atoms with Crippen LogP contribution in [0.25, 0.3) is 15.9 Å². The average molecular weight is 539 g/mol. The molecule has 4 aromatic rings. The Morgan fingerprint density at radius 2 is 1.97 bits per heavy atom. The second-order valence-electron chi connectivity index (χ2n) is 8.58. The quantitative estimate of drug-likeness (QED) is 0.249. The molecule has 5 rings (SSSR count). The van der Waals surface area contributed by atoms with Crippen LogP contribution in [0.5, 0.6) is 5.75 Å². The summed E-state index contributed by atoms with van der Waals surface area (Å²) in [6.07, 6.45) is 0.806. The standard InChI is InChI=1S/C27H27FN4O3S2/c1-3-31-14-13-19-22(15-31)37-25-24(19)26(34)32(17-9-11-18(12-10-17)35-4-2)27(30-25)36-16-23(33)29-21-8-6-5-7-20(21)28/h5-12H,3-4,13-16H2,1-2H3,(H,29,33). The van der Waals surface area contributed by atoms with Crippen LogP contribution in [-0.4, -0.2) is 45.8 Å². The van der Waals surface area contributed by atoms with E-state index in [1.165, 1.54) is 17.0 Å². The van der Waals surface area contributed by atoms with Crippen molar-refractivity contribution in [2.45, 2.75) is 32.0 Å². The van der Waals surface area contributed by atoms with Crippen LogP contribution >= 0.6 is 23.1 Å². The van der Waals surface area contributed by atoms with Gasteiger partial charge >= 0.3 is 0 Å². The van der Waals surface area contributed by atoms with Crippen LogP contribution in [0, 0.1) is 5.82 Å². The summed E-state index contributed by atoms with van der Waals surface area (Å²) in [6, 6.07) is 13.3. The number of benzene rings is 2. The largest absolute Gasteiger partial charge is 0.494 e. The first-order valence-electron chi connectivity index (χ1n) is 12.2. The van der Waals surface area contributed by atoms with Gasteiger partial charge in [0.1, 0.15) is 16.4 Å². The van der Waals surface area contributed by atoms with Crippen LogP contribution in [-0.2, 0) is 17.8 Å². The zero-order valence-corrected chi connectivity index (χ0v) is 22.3. The number of hydrogen-bond acceptors (Lipinski definition) is 7. The summed E-state index contributed by atoms with van der Waals surface area (Å²) in [5.74, 6) is -0.207. The van der Waals surface area contributed by atoms with Crippen molar-refractivity contribution in [1.29, 1.82) is 0 Å². The Morgan fingerprint density at radius 3 is 2.70 bits per heavy atom. The van der Waals surface area contributed by atoms with E-state index in [0.29, 0.717) is 33.4 Å². The molecule has 2 aromatic carbocycles. The van der Waals surface area contributed by atoms with Gasteiger partial charge in [-0.25, -0.2) is 9.37 Å². The van der Waals surface area contributed by atoms with E-state index in [1.807, 2.05) is 31.2 Å². The average Bonchev–Trinajstić information content (AvgIpc) is 3.27. The fraction of sp³-hybridized carbons (Fsp3) is 0.296. The van der Waals surface area contributed by atoms with Crippen LogP contribution in [0.3, 0.4) is 0 Å². The summed E-state index contributed by atoms with van der Waals surface area (Å²) in [4.78, 5) is 35.7. The number of likely N-dealkylation sites (N-methyl/N-ethyl adjacent to an activating group) is 1. The molecule has 1 amide bonds. The molecule has 0 saturated carbocycles. The van der Waals surface area contributed by atoms with Gasteiger partial charge in [-0.05, 0) is 61.9 Å². The molecule has 2 aromatic heterocycles. The van der Waals surface area contributed by atoms with Gasteiger partial charge in [-0.3, -0.25) is 19.1 Å². The fourth-order valence-electron chi connectivity index (χ4n) is 4.41. The van der Waals surface area contributed by atoms with E-state index in [1.54, 1.807) is 28.0 Å². The van der Waals surface area contributed by atoms with Gasteiger partial charge in [-0.1, -0.05) is 30.8 Å². The molecule has 0 fully saturated rings. The van der Waals surface area contributed by atoms with Gasteiger partial charge in [0, 0.05) is 18.0 Å². The topological polar surface area (TPSA) is 76.5 Å². The summed E-state index contributed by atoms with van der Waals surface area (Å²) in [5.41, 5.74) is 1.70. The third kappa shape index (κ3) is 5.27. The molecule has 3 heterocycles. The van der Waals surface area contributed by atoms with E-state index in [0.717, 1.165) is 43.4 Å². The molecule has 0 unspecified atom stereocenters. The number of nitrogens with one attached hydrogen (secondary N) is 1. The lowest BCUT2D eigenvalue weighted by Gasteiger charge is -2.25. The lowest BCUT2D eigenvalue weighted by atomic mass is 10.1. The van der Waals surface area contributed by atoms with Crippen LogP contribution in [0.1, 0.15) is 24.3 Å². The molecule has 0 atom stereocenters. The molecule has 7 nitrogen and oxygen atoms in total. The monoisotopic (exact) mass is 538 g/mol. The summed E-state index contributed by atoms with van der Waals surface area (Å²) in [5, 5.41) is 3.67. The van der Waals surface area contributed by atoms with Gasteiger partial charge in [0.15, 0.2) is 5.16 Å². The first-order chi connectivity index (χ1) is 18.0. The Kier molecular flexibility index (Phi) is 7.59. The molecule has 0 saturated heterocycles. The Hall–Kier alpha value is -3.21. The third-order valence-electron chi connectivity index (χ3n) is 6.26. The zero-order chi connectivity index (χ0) is 25.9. The van der Waals surface area contributed by atoms with E-state index in [-0.39, 0.29) is 22.9 Å². The number of carbonyl (C=O) groups is 1. The maximum absolute atomic E-state index is 14.0. The van der Waals surface area contributed by atoms with Gasteiger partial charge < -0.3 is 10.1 Å². The summed E-state index contributed by atoms with van der Waals surface area (Å²) >= 11 is 2.70. The van der Waals surface area contributed by atoms with Gasteiger partial charge in [-0.15, -0.1) is 11.3 Å². The number of fused-ring (bicyclic) bond motifs is 3. The minimum atomic E-state index is -0.503. The molecule has 0 radical (unpaired) electrons. The SMILES string of the molecule is CCOc1ccc(-n2c(SCC(=O)Nc3ccccc3F)nc3sc4c(c3c2=O)CCN(CC)C4)cc1. The molecule has 0 aliphatic carbocycles. The predicted octanol–water partition coefficient (Wildman–Crippen LogP) is 5.09. The van der Waals surface area contributed by atoms with E-state index in [2.05, 4.69) is 17.1 Å². The van der Waals surface area contributed by atoms with Gasteiger partial charge in [0.05, 0.1) is 29.1 Å². The van der Waals surface area contributed by atoms with Crippen molar-refractivity contribution in [1.82, 2.24) is 14.5 Å². The fourth-order valence-corrected chi connectivity index (χ4v) is 6.52. The van der Waals surface area contributed by atoms with E-state index >= 15 is 0 Å². The third-order valence-corrected chi connectivity index (χ3v) is 8.31. The molecule has 1 aliphatic rings. The number of para-hydroxylation sites is 1. The predicted molar refractivity (Wildman–Crippen MR) is 147 cm³/mol. The van der Waals surface area contributed by atoms with Crippen molar-refractivity contribution >= 4 is 44.9 Å². The van der Waals surface area contributed by atoms with Gasteiger partial charge in [0.2, 0.25) is 5.91 Å². The number of thioether (sulfide) groups is 1. The lowest BCUT2D eigenvalue weighted by molar-refractivity contribution is -0.113. The highest BCUT2D eigenvalue weighted by atomic mass is 32.2. The second-order valence-corrected chi connectivity index (χ2v) is 10.6. The van der Waals surface area contributed by atoms with Crippen LogP contribution < -0.4 is 15.6 Å². The Balaban J connectivity index is 1.53. The van der Waals surface area contributed by atoms with Crippen LogP contribution in [0.15, 0.2) is 58.5 Å². The van der Waals surface area contributed by atoms with Gasteiger partial charge in [-0.2, -0.15) is 0 Å². The maximum atomic E-state index is 14.0. The van der Waals surface area contributed by atoms with E-state index < -0.39 is 5.82 Å². The number of aromatic nitrogens is 2. The first kappa shape index (κ1) is 25.4. The van der Waals surface area contributed by atoms with E-state index in [9.17, 15) is 14.0 Å². The molecule has 192 valence electrons. The molecule has 0 bridgehead atoms. The molecular formula is C27H27FN4O3S2. The minimum Gasteiger partial charge on any atom is -0.494 e. The Morgan fingerprint density at radius 1 is 1.19 bits per heavy atom. The number of amides is 1. The number of ether oxygens (including phenoxy) is 1. The first-order valence-corrected chi connectivity index (χ1v) is 14.0. The number of rotatable bonds is 8. The Bertz CT molecular complexity index is 1500. The number of carbonyl (C=O) groups excluding carboxylic acids is 1. The molecule has 37 heavy (non-hydrogen) atoms. The second kappa shape index (κ2) is 11.0. The van der Waals surface area contributed by atoms with E-state index in [4.69, 9.17) is 9.72 Å². The van der Waals surface area contributed by atoms with Crippen molar-refractivity contribution < 1.29 is 13.9 Å². The summed E-state index contributed by atoms with van der Waals surface area (Å²) < 4.78 is 21.1. The van der Waals surface area contributed by atoms with Gasteiger partial charge in [0.25, 0.3) is 5.56 Å². The number of halogens is 1. The minimum absolute atomic E-state index is 0.0297. The number of thiophene rings is 1. The number of hydrogen-bond donors (Lipinski definition) is 1. The number of anilines is 1. The summed E-state index contributed by atoms with van der Waals surface area (Å²) in [6.45, 7) is 7.26. The van der Waals surface area contributed by atoms with Crippen molar-refractivity contribution in [3.05, 3.63) is 75.1 Å². The number of nitrogens with zero attached hydrogens (tertiary/aromatic N) is 3.